The predicted molar refractivity (Wildman–Crippen MR) is 209 cm³/mol. The molecule has 3 unspecified atom stereocenters. The minimum absolute atomic E-state index is 0.0116. The molecule has 1 aliphatic heterocycles. The molecular formula is C43H45N3O6S. The summed E-state index contributed by atoms with van der Waals surface area (Å²) in [5.41, 5.74) is 12.7. The number of para-hydroxylation sites is 3. The first kappa shape index (κ1) is 37.6. The molecule has 53 heavy (non-hydrogen) atoms. The molecular weight excluding hydrogens is 687 g/mol. The largest absolute Gasteiger partial charge is 0.496 e. The van der Waals surface area contributed by atoms with Crippen molar-refractivity contribution in [3.63, 3.8) is 0 Å². The Labute approximate surface area is 314 Å². The van der Waals surface area contributed by atoms with Crippen LogP contribution in [0.3, 0.4) is 0 Å². The Balaban J connectivity index is 1.09. The molecule has 5 aromatic carbocycles. The van der Waals surface area contributed by atoms with Crippen molar-refractivity contribution in [1.29, 1.82) is 0 Å². The molecule has 6 rings (SSSR count). The highest BCUT2D eigenvalue weighted by Crippen LogP contribution is 2.41. The van der Waals surface area contributed by atoms with Crippen LogP contribution in [-0.4, -0.2) is 35.9 Å². The monoisotopic (exact) mass is 731 g/mol. The van der Waals surface area contributed by atoms with Gasteiger partial charge in [0.2, 0.25) is 11.8 Å². The number of hydrogen-bond acceptors (Lipinski definition) is 8. The van der Waals surface area contributed by atoms with E-state index in [1.165, 1.54) is 0 Å². The van der Waals surface area contributed by atoms with Crippen LogP contribution in [-0.2, 0) is 32.2 Å². The van der Waals surface area contributed by atoms with E-state index in [1.807, 2.05) is 78.9 Å². The zero-order valence-corrected chi connectivity index (χ0v) is 30.5. The quantitative estimate of drug-likeness (QED) is 0.0626. The summed E-state index contributed by atoms with van der Waals surface area (Å²) >= 11 is 1.70. The number of amides is 2. The van der Waals surface area contributed by atoms with E-state index in [4.69, 9.17) is 19.9 Å². The zero-order valence-electron chi connectivity index (χ0n) is 29.7. The lowest BCUT2D eigenvalue weighted by Gasteiger charge is -2.36. The van der Waals surface area contributed by atoms with Gasteiger partial charge in [-0.2, -0.15) is 0 Å². The molecule has 5 N–H and O–H groups in total. The third-order valence-corrected chi connectivity index (χ3v) is 10.2. The number of carbonyl (C=O) groups is 2. The molecule has 1 aliphatic rings. The van der Waals surface area contributed by atoms with Crippen molar-refractivity contribution >= 4 is 35.0 Å². The summed E-state index contributed by atoms with van der Waals surface area (Å²) in [6, 6.07) is 39.2. The maximum Gasteiger partial charge on any atom is 0.224 e. The predicted octanol–water partition coefficient (Wildman–Crippen LogP) is 8.20. The van der Waals surface area contributed by atoms with Crippen LogP contribution < -0.4 is 21.1 Å². The average Bonchev–Trinajstić information content (AvgIpc) is 3.20. The number of hydrogen-bond donors (Lipinski definition) is 4. The Kier molecular flexibility index (Phi) is 13.2. The van der Waals surface area contributed by atoms with Crippen LogP contribution in [0.15, 0.2) is 126 Å². The summed E-state index contributed by atoms with van der Waals surface area (Å²) in [6.45, 7) is 0.360. The number of nitrogens with one attached hydrogen (secondary N) is 2. The van der Waals surface area contributed by atoms with Crippen molar-refractivity contribution < 1.29 is 28.9 Å². The molecule has 1 heterocycles. The van der Waals surface area contributed by atoms with Gasteiger partial charge < -0.3 is 35.7 Å². The lowest BCUT2D eigenvalue weighted by Crippen LogP contribution is -2.31. The number of aliphatic hydroxyl groups excluding tert-OH is 1. The van der Waals surface area contributed by atoms with Crippen molar-refractivity contribution in [3.05, 3.63) is 144 Å². The SMILES string of the molecule is COc1ccccc1SCC1CC(c2ccc(CO)cc2)OC(c2cccc(-c3cccc(CNC(=O)CCCC(=O)Nc4ccccc4N)c3)c2)O1. The van der Waals surface area contributed by atoms with Crippen LogP contribution in [0.25, 0.3) is 11.1 Å². The Bertz CT molecular complexity index is 1990. The molecule has 0 aromatic heterocycles. The molecule has 0 spiro atoms. The molecule has 0 aliphatic carbocycles. The van der Waals surface area contributed by atoms with E-state index < -0.39 is 6.29 Å². The van der Waals surface area contributed by atoms with Gasteiger partial charge in [-0.15, -0.1) is 11.8 Å². The van der Waals surface area contributed by atoms with E-state index in [1.54, 1.807) is 37.1 Å². The van der Waals surface area contributed by atoms with E-state index in [0.29, 0.717) is 30.8 Å². The van der Waals surface area contributed by atoms with Gasteiger partial charge >= 0.3 is 0 Å². The van der Waals surface area contributed by atoms with Gasteiger partial charge in [0.15, 0.2) is 6.29 Å². The highest BCUT2D eigenvalue weighted by molar-refractivity contribution is 7.99. The zero-order chi connectivity index (χ0) is 37.0. The van der Waals surface area contributed by atoms with E-state index in [2.05, 4.69) is 34.9 Å². The third kappa shape index (κ3) is 10.5. The van der Waals surface area contributed by atoms with Crippen LogP contribution in [0.2, 0.25) is 0 Å². The second-order valence-corrected chi connectivity index (χ2v) is 14.0. The minimum atomic E-state index is -0.593. The summed E-state index contributed by atoms with van der Waals surface area (Å²) in [4.78, 5) is 26.0. The van der Waals surface area contributed by atoms with Gasteiger partial charge in [-0.1, -0.05) is 84.9 Å². The normalized spacial score (nSPS) is 16.8. The van der Waals surface area contributed by atoms with Crippen molar-refractivity contribution in [1.82, 2.24) is 5.32 Å². The molecule has 274 valence electrons. The Morgan fingerprint density at radius 1 is 0.811 bits per heavy atom. The number of thioether (sulfide) groups is 1. The highest BCUT2D eigenvalue weighted by atomic mass is 32.2. The summed E-state index contributed by atoms with van der Waals surface area (Å²) in [6.07, 6.45) is 0.685. The van der Waals surface area contributed by atoms with Crippen molar-refractivity contribution in [2.75, 3.05) is 23.9 Å². The summed E-state index contributed by atoms with van der Waals surface area (Å²) < 4.78 is 18.8. The van der Waals surface area contributed by atoms with E-state index in [9.17, 15) is 14.7 Å². The summed E-state index contributed by atoms with van der Waals surface area (Å²) in [5.74, 6) is 1.26. The standard InChI is InChI=1S/C43H45N3O6S/c1-50-38-15-4-5-16-40(38)53-28-35-25-39(31-21-19-29(27-47)20-22-31)52-43(51-35)34-12-7-11-33(24-34)32-10-6-9-30(23-32)26-45-41(48)17-8-18-42(49)46-37-14-3-2-13-36(37)44/h2-7,9-16,19-24,35,39,43,47H,8,17-18,25-28,44H2,1H3,(H,45,48)(H,46,49). The third-order valence-electron chi connectivity index (χ3n) is 9.06. The number of carbonyl (C=O) groups excluding carboxylic acids is 2. The van der Waals surface area contributed by atoms with Gasteiger partial charge in [0, 0.05) is 42.0 Å². The fourth-order valence-corrected chi connectivity index (χ4v) is 7.24. The molecule has 3 atom stereocenters. The average molecular weight is 732 g/mol. The van der Waals surface area contributed by atoms with Crippen LogP contribution in [0.1, 0.15) is 60.3 Å². The number of benzene rings is 5. The first-order chi connectivity index (χ1) is 25.9. The lowest BCUT2D eigenvalue weighted by atomic mass is 9.99. The van der Waals surface area contributed by atoms with E-state index >= 15 is 0 Å². The molecule has 10 heteroatoms. The van der Waals surface area contributed by atoms with Gasteiger partial charge in [0.05, 0.1) is 37.3 Å². The summed E-state index contributed by atoms with van der Waals surface area (Å²) in [7, 11) is 1.68. The Morgan fingerprint density at radius 3 is 2.34 bits per heavy atom. The topological polar surface area (TPSA) is 132 Å². The highest BCUT2D eigenvalue weighted by Gasteiger charge is 2.32. The minimum Gasteiger partial charge on any atom is -0.496 e. The first-order valence-electron chi connectivity index (χ1n) is 17.7. The fourth-order valence-electron chi connectivity index (χ4n) is 6.19. The Morgan fingerprint density at radius 2 is 1.55 bits per heavy atom. The maximum absolute atomic E-state index is 12.6. The molecule has 0 radical (unpaired) electrons. The number of methoxy groups -OCH3 is 1. The fraction of sp³-hybridized carbons (Fsp3) is 0.256. The van der Waals surface area contributed by atoms with Crippen LogP contribution >= 0.6 is 11.8 Å². The lowest BCUT2D eigenvalue weighted by molar-refractivity contribution is -0.245. The van der Waals surface area contributed by atoms with Gasteiger partial charge in [0.1, 0.15) is 5.75 Å². The van der Waals surface area contributed by atoms with E-state index in [0.717, 1.165) is 49.8 Å². The van der Waals surface area contributed by atoms with Gasteiger partial charge in [-0.3, -0.25) is 9.59 Å². The van der Waals surface area contributed by atoms with Crippen LogP contribution in [0.5, 0.6) is 5.75 Å². The number of rotatable bonds is 15. The summed E-state index contributed by atoms with van der Waals surface area (Å²) in [5, 5.41) is 15.4. The molecule has 0 bridgehead atoms. The maximum atomic E-state index is 12.6. The van der Waals surface area contributed by atoms with Crippen molar-refractivity contribution in [2.45, 2.75) is 62.2 Å². The number of ether oxygens (including phenoxy) is 3. The molecule has 2 amide bonds. The van der Waals surface area contributed by atoms with Gasteiger partial charge in [-0.25, -0.2) is 0 Å². The van der Waals surface area contributed by atoms with Gasteiger partial charge in [-0.05, 0) is 70.6 Å². The molecule has 0 saturated carbocycles. The number of nitrogen functional groups attached to an aromatic ring is 1. The molecule has 1 saturated heterocycles. The van der Waals surface area contributed by atoms with E-state index in [-0.39, 0.29) is 43.5 Å². The first-order valence-corrected chi connectivity index (χ1v) is 18.7. The number of nitrogens with two attached hydrogens (primary N) is 1. The second-order valence-electron chi connectivity index (χ2n) is 12.9. The Hall–Kier alpha value is -5.13. The number of aliphatic hydroxyl groups is 1. The molecule has 9 nitrogen and oxygen atoms in total. The van der Waals surface area contributed by atoms with Crippen molar-refractivity contribution in [3.8, 4) is 16.9 Å². The molecule has 1 fully saturated rings. The van der Waals surface area contributed by atoms with Crippen LogP contribution in [0, 0.1) is 0 Å². The van der Waals surface area contributed by atoms with Crippen LogP contribution in [0.4, 0.5) is 11.4 Å². The smallest absolute Gasteiger partial charge is 0.224 e. The molecule has 5 aromatic rings. The van der Waals surface area contributed by atoms with Gasteiger partial charge in [0.25, 0.3) is 0 Å². The number of anilines is 2. The van der Waals surface area contributed by atoms with Crippen molar-refractivity contribution in [2.24, 2.45) is 0 Å². The second kappa shape index (κ2) is 18.6.